The fraction of sp³-hybridized carbons (Fsp3) is 0.691. The van der Waals surface area contributed by atoms with E-state index in [1.807, 2.05) is 6.08 Å². The Morgan fingerprint density at radius 2 is 0.554 bits per heavy atom. The molecule has 0 heterocycles. The molecular formula is C68H114O6. The Labute approximate surface area is 457 Å². The first-order valence-corrected chi connectivity index (χ1v) is 30.9. The van der Waals surface area contributed by atoms with Crippen LogP contribution in [0.5, 0.6) is 0 Å². The Balaban J connectivity index is 4.39. The quantitative estimate of drug-likeness (QED) is 0.0261. The summed E-state index contributed by atoms with van der Waals surface area (Å²) in [5.41, 5.74) is 0. The minimum Gasteiger partial charge on any atom is -0.462 e. The molecule has 0 fully saturated rings. The number of carbonyl (C=O) groups is 3. The van der Waals surface area contributed by atoms with Gasteiger partial charge in [0.05, 0.1) is 0 Å². The lowest BCUT2D eigenvalue weighted by molar-refractivity contribution is -0.166. The van der Waals surface area contributed by atoms with Crippen molar-refractivity contribution in [1.82, 2.24) is 0 Å². The predicted molar refractivity (Wildman–Crippen MR) is 320 cm³/mol. The molecule has 0 aliphatic heterocycles. The molecule has 0 radical (unpaired) electrons. The molecule has 0 aromatic rings. The van der Waals surface area contributed by atoms with E-state index in [2.05, 4.69) is 124 Å². The van der Waals surface area contributed by atoms with Crippen LogP contribution in [0.4, 0.5) is 0 Å². The number of carbonyl (C=O) groups excluding carboxylic acids is 3. The second-order valence-corrected chi connectivity index (χ2v) is 20.2. The van der Waals surface area contributed by atoms with Crippen molar-refractivity contribution in [2.24, 2.45) is 0 Å². The van der Waals surface area contributed by atoms with Gasteiger partial charge in [0.15, 0.2) is 6.10 Å². The van der Waals surface area contributed by atoms with Crippen LogP contribution < -0.4 is 0 Å². The van der Waals surface area contributed by atoms with E-state index < -0.39 is 12.1 Å². The van der Waals surface area contributed by atoms with E-state index >= 15 is 0 Å². The summed E-state index contributed by atoms with van der Waals surface area (Å²) in [5, 5.41) is 0. The number of hydrogen-bond donors (Lipinski definition) is 0. The van der Waals surface area contributed by atoms with E-state index in [1.54, 1.807) is 0 Å². The van der Waals surface area contributed by atoms with Crippen molar-refractivity contribution in [3.63, 3.8) is 0 Å². The lowest BCUT2D eigenvalue weighted by Gasteiger charge is -2.18. The number of hydrogen-bond acceptors (Lipinski definition) is 6. The first-order chi connectivity index (χ1) is 36.5. The highest BCUT2D eigenvalue weighted by atomic mass is 16.6. The Bertz CT molecular complexity index is 1510. The third kappa shape index (κ3) is 59.0. The maximum Gasteiger partial charge on any atom is 0.306 e. The molecule has 0 aromatic heterocycles. The highest BCUT2D eigenvalue weighted by Crippen LogP contribution is 2.15. The van der Waals surface area contributed by atoms with Crippen molar-refractivity contribution >= 4 is 17.9 Å². The Morgan fingerprint density at radius 3 is 0.919 bits per heavy atom. The molecule has 0 rings (SSSR count). The standard InChI is InChI=1S/C68H114O6/c1-4-7-10-13-16-19-22-25-27-29-31-32-33-34-35-36-38-39-41-43-46-49-52-55-58-61-67(70)73-64-65(63-72-66(69)60-57-54-51-48-45-24-21-18-15-12-9-6-3)74-68(71)62-59-56-53-50-47-44-42-40-37-30-28-26-23-20-17-14-11-8-5-2/h8,11,17-18,20-22,25-26,28-29,31,37,40,44,47,53,56,65H,4-7,9-10,12-16,19,23-24,27,30,32-36,38-39,41-43,45-46,48-52,54-55,57-64H2,1-3H3/b11-8-,20-17-,21-18-,25-22-,28-26-,31-29-,40-37-,47-44-,56-53-. The monoisotopic (exact) mass is 1030 g/mol. The molecule has 0 bridgehead atoms. The zero-order valence-corrected chi connectivity index (χ0v) is 48.3. The lowest BCUT2D eigenvalue weighted by atomic mass is 10.0. The summed E-state index contributed by atoms with van der Waals surface area (Å²) in [6.45, 7) is 6.43. The van der Waals surface area contributed by atoms with Gasteiger partial charge in [-0.25, -0.2) is 0 Å². The molecule has 1 unspecified atom stereocenters. The van der Waals surface area contributed by atoms with Gasteiger partial charge in [0.25, 0.3) is 0 Å². The first kappa shape index (κ1) is 70.1. The van der Waals surface area contributed by atoms with Crippen LogP contribution in [0.2, 0.25) is 0 Å². The smallest absolute Gasteiger partial charge is 0.306 e. The summed E-state index contributed by atoms with van der Waals surface area (Å²) in [5.74, 6) is -1.00. The predicted octanol–water partition coefficient (Wildman–Crippen LogP) is 21.0. The van der Waals surface area contributed by atoms with Crippen LogP contribution in [-0.2, 0) is 28.6 Å². The van der Waals surface area contributed by atoms with Crippen molar-refractivity contribution < 1.29 is 28.6 Å². The van der Waals surface area contributed by atoms with Gasteiger partial charge in [-0.3, -0.25) is 14.4 Å². The Kier molecular flexibility index (Phi) is 58.3. The molecule has 6 heteroatoms. The topological polar surface area (TPSA) is 78.9 Å². The van der Waals surface area contributed by atoms with E-state index in [-0.39, 0.29) is 31.6 Å². The van der Waals surface area contributed by atoms with Gasteiger partial charge in [0.1, 0.15) is 13.2 Å². The molecule has 0 amide bonds. The van der Waals surface area contributed by atoms with Crippen LogP contribution in [0.25, 0.3) is 0 Å². The van der Waals surface area contributed by atoms with Gasteiger partial charge in [0, 0.05) is 19.3 Å². The van der Waals surface area contributed by atoms with Crippen molar-refractivity contribution in [2.45, 2.75) is 290 Å². The van der Waals surface area contributed by atoms with Crippen molar-refractivity contribution in [3.05, 3.63) is 109 Å². The normalized spacial score (nSPS) is 12.9. The summed E-state index contributed by atoms with van der Waals surface area (Å²) < 4.78 is 16.8. The van der Waals surface area contributed by atoms with E-state index in [0.717, 1.165) is 96.3 Å². The minimum atomic E-state index is -0.824. The number of unbranched alkanes of at least 4 members (excludes halogenated alkanes) is 26. The average Bonchev–Trinajstić information content (AvgIpc) is 3.40. The van der Waals surface area contributed by atoms with Crippen LogP contribution in [0.1, 0.15) is 284 Å². The zero-order chi connectivity index (χ0) is 53.6. The number of ether oxygens (including phenoxy) is 3. The molecule has 0 N–H and O–H groups in total. The second kappa shape index (κ2) is 61.6. The van der Waals surface area contributed by atoms with E-state index in [4.69, 9.17) is 14.2 Å². The molecule has 0 saturated carbocycles. The van der Waals surface area contributed by atoms with E-state index in [0.29, 0.717) is 19.3 Å². The van der Waals surface area contributed by atoms with Gasteiger partial charge in [0.2, 0.25) is 0 Å². The summed E-state index contributed by atoms with van der Waals surface area (Å²) in [4.78, 5) is 38.2. The Hall–Kier alpha value is -3.93. The molecular weight excluding hydrogens is 913 g/mol. The molecule has 422 valence electrons. The summed E-state index contributed by atoms with van der Waals surface area (Å²) in [6.07, 6.45) is 83.9. The third-order valence-corrected chi connectivity index (χ3v) is 13.0. The molecule has 0 spiro atoms. The first-order valence-electron chi connectivity index (χ1n) is 30.9. The second-order valence-electron chi connectivity index (χ2n) is 20.2. The van der Waals surface area contributed by atoms with Gasteiger partial charge >= 0.3 is 17.9 Å². The average molecular weight is 1030 g/mol. The number of allylic oxidation sites excluding steroid dienone is 18. The van der Waals surface area contributed by atoms with Gasteiger partial charge in [-0.15, -0.1) is 0 Å². The summed E-state index contributed by atoms with van der Waals surface area (Å²) >= 11 is 0. The van der Waals surface area contributed by atoms with Gasteiger partial charge in [-0.05, 0) is 116 Å². The summed E-state index contributed by atoms with van der Waals surface area (Å²) in [7, 11) is 0. The lowest BCUT2D eigenvalue weighted by Crippen LogP contribution is -2.30. The van der Waals surface area contributed by atoms with Gasteiger partial charge < -0.3 is 14.2 Å². The van der Waals surface area contributed by atoms with Crippen LogP contribution in [-0.4, -0.2) is 37.2 Å². The summed E-state index contributed by atoms with van der Waals surface area (Å²) in [6, 6.07) is 0. The highest BCUT2D eigenvalue weighted by molar-refractivity contribution is 5.71. The van der Waals surface area contributed by atoms with Crippen LogP contribution in [0.15, 0.2) is 109 Å². The zero-order valence-electron chi connectivity index (χ0n) is 48.3. The van der Waals surface area contributed by atoms with Crippen LogP contribution in [0, 0.1) is 0 Å². The number of esters is 3. The van der Waals surface area contributed by atoms with Gasteiger partial charge in [-0.1, -0.05) is 259 Å². The molecule has 0 aromatic carbocycles. The van der Waals surface area contributed by atoms with Crippen molar-refractivity contribution in [3.8, 4) is 0 Å². The highest BCUT2D eigenvalue weighted by Gasteiger charge is 2.19. The maximum atomic E-state index is 12.8. The van der Waals surface area contributed by atoms with E-state index in [1.165, 1.54) is 141 Å². The van der Waals surface area contributed by atoms with Crippen molar-refractivity contribution in [1.29, 1.82) is 0 Å². The SMILES string of the molecule is CC/C=C\C/C=C\C/C=C\C/C=C\C/C=C\C/C=C\CCC(=O)OC(COC(=O)CCCCCCC/C=C\CCCCC)COC(=O)CCCCCCCCCCCCCCC/C=C\C/C=C\CCCCCCC. The third-order valence-electron chi connectivity index (χ3n) is 13.0. The minimum absolute atomic E-state index is 0.112. The largest absolute Gasteiger partial charge is 0.462 e. The molecule has 6 nitrogen and oxygen atoms in total. The van der Waals surface area contributed by atoms with Crippen LogP contribution >= 0.6 is 0 Å². The molecule has 0 saturated heterocycles. The van der Waals surface area contributed by atoms with E-state index in [9.17, 15) is 14.4 Å². The van der Waals surface area contributed by atoms with Crippen molar-refractivity contribution in [2.75, 3.05) is 13.2 Å². The van der Waals surface area contributed by atoms with Crippen LogP contribution in [0.3, 0.4) is 0 Å². The molecule has 74 heavy (non-hydrogen) atoms. The number of rotatable bonds is 55. The van der Waals surface area contributed by atoms with Gasteiger partial charge in [-0.2, -0.15) is 0 Å². The fourth-order valence-electron chi connectivity index (χ4n) is 8.38. The Morgan fingerprint density at radius 1 is 0.284 bits per heavy atom. The molecule has 0 aliphatic rings. The molecule has 0 aliphatic carbocycles. The fourth-order valence-corrected chi connectivity index (χ4v) is 8.38. The maximum absolute atomic E-state index is 12.8. The molecule has 1 atom stereocenters.